The van der Waals surface area contributed by atoms with E-state index in [0.717, 1.165) is 16.7 Å². The van der Waals surface area contributed by atoms with Gasteiger partial charge in [0, 0.05) is 19.9 Å². The first-order valence-corrected chi connectivity index (χ1v) is 6.73. The maximum Gasteiger partial charge on any atom is 0.231 e. The quantitative estimate of drug-likeness (QED) is 0.552. The van der Waals surface area contributed by atoms with Crippen LogP contribution in [0.2, 0.25) is 0 Å². The number of rotatable bonds is 0. The second-order valence-corrected chi connectivity index (χ2v) is 6.16. The third-order valence-electron chi connectivity index (χ3n) is 3.62. The van der Waals surface area contributed by atoms with Crippen LogP contribution in [0.4, 0.5) is 0 Å². The molecule has 0 N–H and O–H groups in total. The van der Waals surface area contributed by atoms with E-state index in [9.17, 15) is 0 Å². The molecule has 1 aliphatic heterocycles. The second kappa shape index (κ2) is 3.62. The van der Waals surface area contributed by atoms with Gasteiger partial charge in [-0.1, -0.05) is 12.1 Å². The van der Waals surface area contributed by atoms with Crippen molar-refractivity contribution in [3.63, 3.8) is 0 Å². The predicted molar refractivity (Wildman–Crippen MR) is 75.8 cm³/mol. The average molecular weight is 263 g/mol. The van der Waals surface area contributed by atoms with Gasteiger partial charge >= 0.3 is 0 Å². The highest BCUT2D eigenvalue weighted by molar-refractivity contribution is 7.85. The number of hydrogen-bond donors (Lipinski definition) is 2. The molecule has 0 saturated carbocycles. The maximum atomic E-state index is 4.71. The summed E-state index contributed by atoms with van der Waals surface area (Å²) in [6.07, 6.45) is 1.93. The van der Waals surface area contributed by atoms with Crippen LogP contribution in [-0.2, 0) is 5.54 Å². The van der Waals surface area contributed by atoms with Crippen LogP contribution in [0, 0.1) is 0 Å². The Labute approximate surface area is 112 Å². The first-order valence-electron chi connectivity index (χ1n) is 5.70. The van der Waals surface area contributed by atoms with Crippen molar-refractivity contribution >= 4 is 36.3 Å². The van der Waals surface area contributed by atoms with Gasteiger partial charge in [0.25, 0.3) is 0 Å². The Balaban J connectivity index is 2.42. The molecule has 88 valence electrons. The van der Waals surface area contributed by atoms with Crippen molar-refractivity contribution in [3.8, 4) is 0 Å². The lowest BCUT2D eigenvalue weighted by Crippen LogP contribution is -2.54. The SMILES string of the molecule is CC1(C)C(S)C(S)c2cnc3ccccc3[n+]21. The van der Waals surface area contributed by atoms with E-state index < -0.39 is 0 Å². The van der Waals surface area contributed by atoms with E-state index in [1.54, 1.807) is 0 Å². The van der Waals surface area contributed by atoms with Crippen LogP contribution < -0.4 is 4.57 Å². The lowest BCUT2D eigenvalue weighted by Gasteiger charge is -2.19. The summed E-state index contributed by atoms with van der Waals surface area (Å²) >= 11 is 9.38. The van der Waals surface area contributed by atoms with E-state index in [1.807, 2.05) is 24.4 Å². The summed E-state index contributed by atoms with van der Waals surface area (Å²) in [4.78, 5) is 4.50. The molecule has 0 fully saturated rings. The number of nitrogens with zero attached hydrogens (tertiary/aromatic N) is 2. The lowest BCUT2D eigenvalue weighted by atomic mass is 10.0. The summed E-state index contributed by atoms with van der Waals surface area (Å²) in [5.74, 6) is 0. The Bertz CT molecular complexity index is 595. The monoisotopic (exact) mass is 263 g/mol. The molecule has 2 nitrogen and oxygen atoms in total. The second-order valence-electron chi connectivity index (χ2n) is 5.05. The van der Waals surface area contributed by atoms with Gasteiger partial charge in [-0.15, -0.1) is 0 Å². The van der Waals surface area contributed by atoms with Gasteiger partial charge in [-0.05, 0) is 6.07 Å². The van der Waals surface area contributed by atoms with Gasteiger partial charge in [-0.25, -0.2) is 4.98 Å². The van der Waals surface area contributed by atoms with Crippen LogP contribution in [0.1, 0.15) is 24.8 Å². The van der Waals surface area contributed by atoms with Crippen LogP contribution in [-0.4, -0.2) is 10.2 Å². The first-order chi connectivity index (χ1) is 8.03. The summed E-state index contributed by atoms with van der Waals surface area (Å²) < 4.78 is 2.32. The van der Waals surface area contributed by atoms with E-state index in [-0.39, 0.29) is 16.0 Å². The lowest BCUT2D eigenvalue weighted by molar-refractivity contribution is -0.726. The van der Waals surface area contributed by atoms with Gasteiger partial charge in [0.1, 0.15) is 10.8 Å². The van der Waals surface area contributed by atoms with Crippen molar-refractivity contribution in [1.29, 1.82) is 0 Å². The van der Waals surface area contributed by atoms with E-state index in [0.29, 0.717) is 0 Å². The van der Waals surface area contributed by atoms with Crippen molar-refractivity contribution in [2.24, 2.45) is 0 Å². The van der Waals surface area contributed by atoms with Crippen LogP contribution >= 0.6 is 25.3 Å². The zero-order chi connectivity index (χ0) is 12.2. The molecule has 1 aromatic heterocycles. The summed E-state index contributed by atoms with van der Waals surface area (Å²) in [6.45, 7) is 4.41. The number of benzene rings is 1. The maximum absolute atomic E-state index is 4.71. The summed E-state index contributed by atoms with van der Waals surface area (Å²) in [5, 5.41) is 0.323. The molecule has 0 radical (unpaired) electrons. The molecule has 0 saturated heterocycles. The number of para-hydroxylation sites is 2. The Morgan fingerprint density at radius 2 is 1.94 bits per heavy atom. The van der Waals surface area contributed by atoms with Crippen LogP contribution in [0.3, 0.4) is 0 Å². The first kappa shape index (κ1) is 11.4. The van der Waals surface area contributed by atoms with Gasteiger partial charge in [-0.2, -0.15) is 29.8 Å². The molecule has 2 atom stereocenters. The molecule has 17 heavy (non-hydrogen) atoms. The fraction of sp³-hybridized carbons (Fsp3) is 0.385. The number of aromatic nitrogens is 2. The molecule has 0 aliphatic carbocycles. The van der Waals surface area contributed by atoms with Crippen LogP contribution in [0.15, 0.2) is 30.5 Å². The van der Waals surface area contributed by atoms with Crippen LogP contribution in [0.5, 0.6) is 0 Å². The van der Waals surface area contributed by atoms with Crippen molar-refractivity contribution in [1.82, 2.24) is 4.98 Å². The molecule has 0 bridgehead atoms. The Morgan fingerprint density at radius 1 is 1.24 bits per heavy atom. The van der Waals surface area contributed by atoms with Gasteiger partial charge < -0.3 is 0 Å². The summed E-state index contributed by atoms with van der Waals surface area (Å²) in [7, 11) is 0. The number of thiol groups is 2. The van der Waals surface area contributed by atoms with Crippen molar-refractivity contribution in [2.45, 2.75) is 29.9 Å². The third-order valence-corrected chi connectivity index (χ3v) is 5.35. The largest absolute Gasteiger partial charge is 0.243 e. The minimum atomic E-state index is -0.0482. The highest BCUT2D eigenvalue weighted by atomic mass is 32.1. The van der Waals surface area contributed by atoms with E-state index >= 15 is 0 Å². The molecule has 0 amide bonds. The molecular weight excluding hydrogens is 248 g/mol. The van der Waals surface area contributed by atoms with E-state index in [2.05, 4.69) is 42.1 Å². The van der Waals surface area contributed by atoms with Crippen LogP contribution in [0.25, 0.3) is 11.0 Å². The predicted octanol–water partition coefficient (Wildman–Crippen LogP) is 2.54. The smallest absolute Gasteiger partial charge is 0.231 e. The van der Waals surface area contributed by atoms with Gasteiger partial charge in [0.15, 0.2) is 5.54 Å². The van der Waals surface area contributed by atoms with Gasteiger partial charge in [0.2, 0.25) is 11.2 Å². The number of hydrogen-bond acceptors (Lipinski definition) is 3. The molecule has 2 aromatic rings. The highest BCUT2D eigenvalue weighted by Gasteiger charge is 2.52. The molecular formula is C13H15N2S2+. The zero-order valence-electron chi connectivity index (χ0n) is 9.83. The molecule has 3 rings (SSSR count). The normalized spacial score (nSPS) is 26.1. The topological polar surface area (TPSA) is 16.8 Å². The zero-order valence-corrected chi connectivity index (χ0v) is 11.6. The standard InChI is InChI=1S/C13H14N2S2/c1-13(2)12(17)11(16)10-7-14-8-5-3-4-6-9(8)15(10)13/h3-7,11-12H,1-2H3,(H-,16,17)/p+1. The fourth-order valence-corrected chi connectivity index (χ4v) is 3.44. The molecule has 1 aromatic carbocycles. The third kappa shape index (κ3) is 1.43. The van der Waals surface area contributed by atoms with Gasteiger partial charge in [0.05, 0.1) is 11.4 Å². The summed E-state index contributed by atoms with van der Waals surface area (Å²) in [5.41, 5.74) is 3.28. The molecule has 4 heteroatoms. The molecule has 1 aliphatic rings. The minimum Gasteiger partial charge on any atom is -0.243 e. The molecule has 0 spiro atoms. The number of fused-ring (bicyclic) bond motifs is 3. The van der Waals surface area contributed by atoms with Gasteiger partial charge in [-0.3, -0.25) is 0 Å². The molecule has 2 heterocycles. The fourth-order valence-electron chi connectivity index (χ4n) is 2.63. The van der Waals surface area contributed by atoms with Crippen molar-refractivity contribution in [2.75, 3.05) is 0 Å². The van der Waals surface area contributed by atoms with Crippen molar-refractivity contribution < 1.29 is 4.57 Å². The Kier molecular flexibility index (Phi) is 2.42. The minimum absolute atomic E-state index is 0.0482. The van der Waals surface area contributed by atoms with E-state index in [1.165, 1.54) is 0 Å². The highest BCUT2D eigenvalue weighted by Crippen LogP contribution is 2.40. The average Bonchev–Trinajstić information content (AvgIpc) is 2.51. The van der Waals surface area contributed by atoms with Crippen molar-refractivity contribution in [3.05, 3.63) is 36.2 Å². The Hall–Kier alpha value is -0.740. The van der Waals surface area contributed by atoms with E-state index in [4.69, 9.17) is 12.6 Å². The summed E-state index contributed by atoms with van der Waals surface area (Å²) in [6, 6.07) is 8.21. The molecule has 2 unspecified atom stereocenters. The Morgan fingerprint density at radius 3 is 2.71 bits per heavy atom.